The van der Waals surface area contributed by atoms with Crippen molar-refractivity contribution in [2.75, 3.05) is 14.2 Å². The van der Waals surface area contributed by atoms with Gasteiger partial charge in [-0.3, -0.25) is 0 Å². The van der Waals surface area contributed by atoms with Crippen LogP contribution in [0.15, 0.2) is 18.2 Å². The molecule has 3 heteroatoms. The van der Waals surface area contributed by atoms with E-state index in [0.717, 1.165) is 17.9 Å². The van der Waals surface area contributed by atoms with Crippen LogP contribution < -0.4 is 14.7 Å². The molecule has 0 amide bonds. The van der Waals surface area contributed by atoms with Gasteiger partial charge in [-0.25, -0.2) is 0 Å². The number of benzene rings is 1. The van der Waals surface area contributed by atoms with Gasteiger partial charge in [0.25, 0.3) is 0 Å². The zero-order valence-electron chi connectivity index (χ0n) is 15.5. The highest BCUT2D eigenvalue weighted by molar-refractivity contribution is 6.97. The van der Waals surface area contributed by atoms with Crippen molar-refractivity contribution in [3.8, 4) is 23.0 Å². The first-order valence-corrected chi connectivity index (χ1v) is 11.8. The number of hydrogen-bond donors (Lipinski definition) is 0. The fourth-order valence-electron chi connectivity index (χ4n) is 2.81. The molecule has 0 atom stereocenters. The number of hydrogen-bond acceptors (Lipinski definition) is 2. The molecule has 0 saturated carbocycles. The average molecular weight is 333 g/mol. The molecule has 2 nitrogen and oxygen atoms in total. The Morgan fingerprint density at radius 1 is 0.913 bits per heavy atom. The molecule has 0 radical (unpaired) electrons. The smallest absolute Gasteiger partial charge is 0.172 e. The summed E-state index contributed by atoms with van der Waals surface area (Å²) in [6.45, 7) is 6.79. The lowest BCUT2D eigenvalue weighted by atomic mass is 10.1. The number of ether oxygens (including phenoxy) is 2. The van der Waals surface area contributed by atoms with Gasteiger partial charge in [-0.15, -0.1) is 11.5 Å². The molecule has 0 saturated heterocycles. The summed E-state index contributed by atoms with van der Waals surface area (Å²) in [4.78, 5) is 0. The van der Waals surface area contributed by atoms with Crippen molar-refractivity contribution in [2.24, 2.45) is 0 Å². The normalized spacial score (nSPS) is 10.8. The molecule has 128 valence electrons. The van der Waals surface area contributed by atoms with Crippen LogP contribution in [0.25, 0.3) is 0 Å². The van der Waals surface area contributed by atoms with E-state index in [-0.39, 0.29) is 0 Å². The van der Waals surface area contributed by atoms with Gasteiger partial charge in [-0.2, -0.15) is 0 Å². The van der Waals surface area contributed by atoms with E-state index in [9.17, 15) is 0 Å². The molecule has 1 rings (SSSR count). The zero-order chi connectivity index (χ0) is 17.1. The maximum absolute atomic E-state index is 5.54. The minimum atomic E-state index is -1.90. The summed E-state index contributed by atoms with van der Waals surface area (Å²) in [7, 11) is 1.53. The predicted octanol–water partition coefficient (Wildman–Crippen LogP) is 4.91. The Morgan fingerprint density at radius 2 is 1.48 bits per heavy atom. The van der Waals surface area contributed by atoms with Gasteiger partial charge in [-0.1, -0.05) is 58.2 Å². The van der Waals surface area contributed by atoms with Crippen LogP contribution in [0.5, 0.6) is 11.5 Å². The summed E-state index contributed by atoms with van der Waals surface area (Å²) in [5, 5.41) is 1.17. The molecule has 0 unspecified atom stereocenters. The topological polar surface area (TPSA) is 18.5 Å². The second-order valence-corrected chi connectivity index (χ2v) is 10.5. The predicted molar refractivity (Wildman–Crippen MR) is 102 cm³/mol. The van der Waals surface area contributed by atoms with Crippen molar-refractivity contribution in [1.82, 2.24) is 0 Å². The van der Waals surface area contributed by atoms with Crippen LogP contribution in [0.2, 0.25) is 13.1 Å². The maximum Gasteiger partial charge on any atom is 0.172 e. The third kappa shape index (κ3) is 6.31. The van der Waals surface area contributed by atoms with Gasteiger partial charge in [0, 0.05) is 11.6 Å². The van der Waals surface area contributed by atoms with E-state index in [4.69, 9.17) is 9.47 Å². The third-order valence-corrected chi connectivity index (χ3v) is 6.65. The number of rotatable bonds is 9. The molecule has 0 aromatic heterocycles. The monoisotopic (exact) mass is 332 g/mol. The molecule has 0 fully saturated rings. The van der Waals surface area contributed by atoms with Gasteiger partial charge in [0.1, 0.15) is 11.5 Å². The van der Waals surface area contributed by atoms with Crippen molar-refractivity contribution >= 4 is 13.3 Å². The highest BCUT2D eigenvalue weighted by atomic mass is 28.3. The Kier molecular flexibility index (Phi) is 8.87. The van der Waals surface area contributed by atoms with Gasteiger partial charge < -0.3 is 9.47 Å². The van der Waals surface area contributed by atoms with E-state index in [0.29, 0.717) is 0 Å². The van der Waals surface area contributed by atoms with Crippen LogP contribution >= 0.6 is 0 Å². The molecule has 0 aliphatic carbocycles. The Bertz CT molecular complexity index is 504. The van der Waals surface area contributed by atoms with Crippen LogP contribution in [0.4, 0.5) is 0 Å². The minimum absolute atomic E-state index is 0.898. The van der Waals surface area contributed by atoms with Crippen molar-refractivity contribution in [3.63, 3.8) is 0 Å². The van der Waals surface area contributed by atoms with E-state index in [1.807, 2.05) is 18.2 Å². The van der Waals surface area contributed by atoms with Gasteiger partial charge in [0.2, 0.25) is 0 Å². The fraction of sp³-hybridized carbons (Fsp3) is 0.600. The van der Waals surface area contributed by atoms with Gasteiger partial charge in [0.05, 0.1) is 14.2 Å². The molecular formula is C20H32O2Si. The van der Waals surface area contributed by atoms with Crippen LogP contribution in [-0.4, -0.2) is 22.3 Å². The highest BCUT2D eigenvalue weighted by Gasteiger charge is 2.29. The van der Waals surface area contributed by atoms with Crippen molar-refractivity contribution in [3.05, 3.63) is 18.2 Å². The second-order valence-electron chi connectivity index (χ2n) is 6.48. The zero-order valence-corrected chi connectivity index (χ0v) is 16.5. The summed E-state index contributed by atoms with van der Waals surface area (Å²) in [5.41, 5.74) is 3.56. The third-order valence-electron chi connectivity index (χ3n) is 4.11. The van der Waals surface area contributed by atoms with E-state index >= 15 is 0 Å². The van der Waals surface area contributed by atoms with Gasteiger partial charge in [0.15, 0.2) is 8.07 Å². The van der Waals surface area contributed by atoms with Crippen molar-refractivity contribution < 1.29 is 9.47 Å². The standard InChI is InChI=1S/C20H32O2Si/c1-6-7-8-9-10-11-12-13-17-23(4,5)20-18(21-2)15-14-16-19(20)22-3/h14-16H,6-12H2,1-5H3. The summed E-state index contributed by atoms with van der Waals surface area (Å²) < 4.78 is 11.1. The number of unbranched alkanes of at least 4 members (excludes halogenated alkanes) is 6. The van der Waals surface area contributed by atoms with Gasteiger partial charge >= 0.3 is 0 Å². The van der Waals surface area contributed by atoms with E-state index in [2.05, 4.69) is 31.5 Å². The van der Waals surface area contributed by atoms with E-state index in [1.54, 1.807) is 14.2 Å². The Balaban J connectivity index is 2.68. The maximum atomic E-state index is 5.54. The summed E-state index contributed by atoms with van der Waals surface area (Å²) >= 11 is 0. The first kappa shape index (κ1) is 19.6. The lowest BCUT2D eigenvalue weighted by molar-refractivity contribution is 0.400. The van der Waals surface area contributed by atoms with Crippen molar-refractivity contribution in [1.29, 1.82) is 0 Å². The van der Waals surface area contributed by atoms with Crippen molar-refractivity contribution in [2.45, 2.75) is 65.0 Å². The molecule has 1 aromatic rings. The Morgan fingerprint density at radius 3 is 2.04 bits per heavy atom. The molecule has 0 bridgehead atoms. The Hall–Kier alpha value is -1.40. The molecule has 0 heterocycles. The highest BCUT2D eigenvalue weighted by Crippen LogP contribution is 2.22. The fourth-order valence-corrected chi connectivity index (χ4v) is 5.10. The molecule has 0 N–H and O–H groups in total. The van der Waals surface area contributed by atoms with Gasteiger partial charge in [-0.05, 0) is 18.6 Å². The molecular weight excluding hydrogens is 300 g/mol. The summed E-state index contributed by atoms with van der Waals surface area (Å²) in [6, 6.07) is 5.97. The van der Waals surface area contributed by atoms with Crippen LogP contribution in [0.1, 0.15) is 51.9 Å². The first-order valence-electron chi connectivity index (χ1n) is 8.78. The minimum Gasteiger partial charge on any atom is -0.497 e. The first-order chi connectivity index (χ1) is 11.1. The van der Waals surface area contributed by atoms with E-state index in [1.165, 1.54) is 43.7 Å². The molecule has 0 aliphatic rings. The lowest BCUT2D eigenvalue weighted by Gasteiger charge is -2.21. The average Bonchev–Trinajstić information content (AvgIpc) is 2.56. The lowest BCUT2D eigenvalue weighted by Crippen LogP contribution is -2.42. The SMILES string of the molecule is CCCCCCCCC#C[Si](C)(C)c1c(OC)cccc1OC. The van der Waals surface area contributed by atoms with Crippen LogP contribution in [-0.2, 0) is 0 Å². The molecule has 23 heavy (non-hydrogen) atoms. The van der Waals surface area contributed by atoms with Crippen LogP contribution in [0, 0.1) is 11.5 Å². The summed E-state index contributed by atoms with van der Waals surface area (Å²) in [6.07, 6.45) is 8.89. The van der Waals surface area contributed by atoms with Crippen LogP contribution in [0.3, 0.4) is 0 Å². The summed E-state index contributed by atoms with van der Waals surface area (Å²) in [5.74, 6) is 5.21. The molecule has 0 aliphatic heterocycles. The van der Waals surface area contributed by atoms with E-state index < -0.39 is 8.07 Å². The quantitative estimate of drug-likeness (QED) is 0.363. The molecule has 0 spiro atoms. The second kappa shape index (κ2) is 10.4. The number of methoxy groups -OCH3 is 2. The Labute approximate surface area is 143 Å². The largest absolute Gasteiger partial charge is 0.497 e. The molecule has 1 aromatic carbocycles.